The molecule has 4 heterocycles. The Hall–Kier alpha value is -4.12. The van der Waals surface area contributed by atoms with E-state index in [1.165, 1.54) is 6.40 Å². The summed E-state index contributed by atoms with van der Waals surface area (Å²) >= 11 is 0. The van der Waals surface area contributed by atoms with Gasteiger partial charge in [0.15, 0.2) is 12.1 Å². The number of fused-ring (bicyclic) bond motifs is 1. The van der Waals surface area contributed by atoms with Crippen LogP contribution in [0.25, 0.3) is 10.9 Å². The molecule has 11 heteroatoms. The second-order valence-electron chi connectivity index (χ2n) is 11.1. The van der Waals surface area contributed by atoms with Crippen LogP contribution in [0.1, 0.15) is 36.1 Å². The molecule has 216 valence electrons. The summed E-state index contributed by atoms with van der Waals surface area (Å²) in [6.45, 7) is 4.01. The molecule has 3 aromatic rings. The molecule has 2 aromatic carbocycles. The number of carbonyl (C=O) groups is 2. The van der Waals surface area contributed by atoms with Crippen molar-refractivity contribution < 1.29 is 23.9 Å². The molecule has 6 rings (SSSR count). The molecule has 0 aliphatic carbocycles. The lowest BCUT2D eigenvalue weighted by atomic mass is 9.80. The number of hydroxylamine groups is 1. The van der Waals surface area contributed by atoms with Crippen molar-refractivity contribution in [2.24, 2.45) is 23.9 Å². The molecular formula is C30H36N6O5. The van der Waals surface area contributed by atoms with Gasteiger partial charge in [0, 0.05) is 62.6 Å². The zero-order chi connectivity index (χ0) is 28.7. The molecule has 2 atom stereocenters. The van der Waals surface area contributed by atoms with Crippen LogP contribution < -0.4 is 15.0 Å². The summed E-state index contributed by atoms with van der Waals surface area (Å²) in [6, 6.07) is 11.9. The molecule has 3 aliphatic heterocycles. The highest BCUT2D eigenvalue weighted by Gasteiger charge is 2.46. The summed E-state index contributed by atoms with van der Waals surface area (Å²) in [6.07, 6.45) is 3.21. The molecule has 0 bridgehead atoms. The minimum Gasteiger partial charge on any atom is -0.497 e. The average molecular weight is 561 g/mol. The minimum absolute atomic E-state index is 0.0162. The van der Waals surface area contributed by atoms with Gasteiger partial charge in [-0.05, 0) is 43.5 Å². The molecule has 1 N–H and O–H groups in total. The van der Waals surface area contributed by atoms with Gasteiger partial charge in [-0.15, -0.1) is 5.48 Å². The number of likely N-dealkylation sites (tertiary alicyclic amines) is 2. The van der Waals surface area contributed by atoms with Crippen LogP contribution in [0.15, 0.2) is 41.4 Å². The lowest BCUT2D eigenvalue weighted by Gasteiger charge is -2.40. The highest BCUT2D eigenvalue weighted by molar-refractivity contribution is 5.89. The van der Waals surface area contributed by atoms with Gasteiger partial charge in [-0.3, -0.25) is 14.3 Å². The predicted molar refractivity (Wildman–Crippen MR) is 152 cm³/mol. The van der Waals surface area contributed by atoms with Gasteiger partial charge in [0.1, 0.15) is 11.5 Å². The topological polar surface area (TPSA) is 111 Å². The number of benzene rings is 2. The van der Waals surface area contributed by atoms with Crippen molar-refractivity contribution in [3.63, 3.8) is 0 Å². The number of ether oxygens (including phenoxy) is 2. The van der Waals surface area contributed by atoms with E-state index in [0.29, 0.717) is 37.7 Å². The Morgan fingerprint density at radius 1 is 1.15 bits per heavy atom. The number of aromatic nitrogens is 2. The fourth-order valence-corrected chi connectivity index (χ4v) is 6.54. The third-order valence-corrected chi connectivity index (χ3v) is 8.82. The lowest BCUT2D eigenvalue weighted by Crippen LogP contribution is -2.50. The monoisotopic (exact) mass is 560 g/mol. The number of hydrogen-bond acceptors (Lipinski definition) is 8. The second-order valence-corrected chi connectivity index (χ2v) is 11.1. The molecule has 41 heavy (non-hydrogen) atoms. The number of aliphatic imine (C=N–C) groups is 1. The van der Waals surface area contributed by atoms with Crippen LogP contribution in [-0.2, 0) is 33.7 Å². The largest absolute Gasteiger partial charge is 0.497 e. The van der Waals surface area contributed by atoms with E-state index < -0.39 is 5.66 Å². The van der Waals surface area contributed by atoms with Crippen LogP contribution in [0.3, 0.4) is 0 Å². The van der Waals surface area contributed by atoms with Crippen molar-refractivity contribution >= 4 is 29.1 Å². The number of methoxy groups -OCH3 is 2. The molecule has 2 amide bonds. The van der Waals surface area contributed by atoms with Crippen molar-refractivity contribution in [3.05, 3.63) is 53.2 Å². The van der Waals surface area contributed by atoms with Crippen molar-refractivity contribution in [2.45, 2.75) is 38.4 Å². The molecule has 2 fully saturated rings. The summed E-state index contributed by atoms with van der Waals surface area (Å²) in [5, 5.41) is 5.66. The normalized spacial score (nSPS) is 22.9. The lowest BCUT2D eigenvalue weighted by molar-refractivity contribution is -0.137. The van der Waals surface area contributed by atoms with Crippen molar-refractivity contribution in [3.8, 4) is 11.5 Å². The van der Waals surface area contributed by atoms with Gasteiger partial charge in [0.05, 0.1) is 31.3 Å². The zero-order valence-corrected chi connectivity index (χ0v) is 23.9. The van der Waals surface area contributed by atoms with E-state index in [1.54, 1.807) is 25.2 Å². The van der Waals surface area contributed by atoms with Crippen LogP contribution in [0, 0.1) is 18.8 Å². The fourth-order valence-electron chi connectivity index (χ4n) is 6.54. The first kappa shape index (κ1) is 27.1. The van der Waals surface area contributed by atoms with E-state index in [1.807, 2.05) is 35.7 Å². The van der Waals surface area contributed by atoms with Gasteiger partial charge in [-0.1, -0.05) is 12.1 Å². The SMILES string of the molecule is COc1ccc(CN2CC(C(=O)N3CCC(C4(c5ccc6c(C)nn(C)c6c5)N=CON4)CC3)CC2=O)c(OC)c1. The van der Waals surface area contributed by atoms with Crippen LogP contribution in [0.2, 0.25) is 0 Å². The standard InChI is InChI=1S/C30H36N6O5/c1-19-25-8-6-23(14-26(25)34(2)32-19)30(31-18-41-33-30)22-9-11-35(12-10-22)29(38)21-13-28(37)36(17-21)16-20-5-7-24(39-3)15-27(20)40-4/h5-8,14-15,18,21-22,33H,9-13,16-17H2,1-4H3. The second kappa shape index (κ2) is 10.7. The number of aryl methyl sites for hydroxylation is 2. The first-order chi connectivity index (χ1) is 19.8. The Bertz CT molecular complexity index is 1510. The Balaban J connectivity index is 1.12. The third kappa shape index (κ3) is 4.77. The maximum Gasteiger partial charge on any atom is 0.227 e. The van der Waals surface area contributed by atoms with E-state index in [9.17, 15) is 9.59 Å². The smallest absolute Gasteiger partial charge is 0.227 e. The van der Waals surface area contributed by atoms with Crippen molar-refractivity contribution in [1.82, 2.24) is 25.1 Å². The number of piperidine rings is 1. The Morgan fingerprint density at radius 2 is 1.95 bits per heavy atom. The quantitative estimate of drug-likeness (QED) is 0.473. The van der Waals surface area contributed by atoms with Crippen LogP contribution in [-0.4, -0.2) is 71.6 Å². The Labute approximate surface area is 239 Å². The highest BCUT2D eigenvalue weighted by atomic mass is 16.7. The number of rotatable bonds is 7. The first-order valence-corrected chi connectivity index (χ1v) is 14.0. The van der Waals surface area contributed by atoms with Crippen LogP contribution in [0.4, 0.5) is 0 Å². The number of amides is 2. The van der Waals surface area contributed by atoms with Gasteiger partial charge in [0.2, 0.25) is 11.8 Å². The first-order valence-electron chi connectivity index (χ1n) is 14.0. The fraction of sp³-hybridized carbons (Fsp3) is 0.467. The molecule has 0 spiro atoms. The highest BCUT2D eigenvalue weighted by Crippen LogP contribution is 2.41. The Morgan fingerprint density at radius 3 is 2.66 bits per heavy atom. The van der Waals surface area contributed by atoms with E-state index in [-0.39, 0.29) is 30.1 Å². The predicted octanol–water partition coefficient (Wildman–Crippen LogP) is 2.90. The summed E-state index contributed by atoms with van der Waals surface area (Å²) in [7, 11) is 5.14. The van der Waals surface area contributed by atoms with Gasteiger partial charge in [0.25, 0.3) is 0 Å². The van der Waals surface area contributed by atoms with E-state index >= 15 is 0 Å². The van der Waals surface area contributed by atoms with Gasteiger partial charge in [-0.25, -0.2) is 4.99 Å². The minimum atomic E-state index is -0.723. The van der Waals surface area contributed by atoms with E-state index in [4.69, 9.17) is 19.3 Å². The van der Waals surface area contributed by atoms with E-state index in [0.717, 1.165) is 40.6 Å². The van der Waals surface area contributed by atoms with Crippen LogP contribution >= 0.6 is 0 Å². The van der Waals surface area contributed by atoms with Gasteiger partial charge >= 0.3 is 0 Å². The van der Waals surface area contributed by atoms with E-state index in [2.05, 4.69) is 28.8 Å². The molecule has 2 unspecified atom stereocenters. The Kier molecular flexibility index (Phi) is 7.06. The average Bonchev–Trinajstić information content (AvgIpc) is 3.71. The zero-order valence-electron chi connectivity index (χ0n) is 23.9. The number of nitrogens with one attached hydrogen (secondary N) is 1. The van der Waals surface area contributed by atoms with Gasteiger partial charge < -0.3 is 24.1 Å². The summed E-state index contributed by atoms with van der Waals surface area (Å²) in [5.41, 5.74) is 6.37. The summed E-state index contributed by atoms with van der Waals surface area (Å²) in [5.74, 6) is 1.15. The molecule has 11 nitrogen and oxygen atoms in total. The molecule has 1 aromatic heterocycles. The molecule has 3 aliphatic rings. The number of hydrogen-bond donors (Lipinski definition) is 1. The molecule has 0 saturated carbocycles. The number of nitrogens with zero attached hydrogens (tertiary/aromatic N) is 5. The molecule has 0 radical (unpaired) electrons. The molecule has 2 saturated heterocycles. The summed E-state index contributed by atoms with van der Waals surface area (Å²) in [4.78, 5) is 40.3. The van der Waals surface area contributed by atoms with Crippen molar-refractivity contribution in [2.75, 3.05) is 33.9 Å². The number of carbonyl (C=O) groups excluding carboxylic acids is 2. The maximum atomic E-state index is 13.5. The summed E-state index contributed by atoms with van der Waals surface area (Å²) < 4.78 is 12.7. The van der Waals surface area contributed by atoms with Crippen LogP contribution in [0.5, 0.6) is 11.5 Å². The maximum absolute atomic E-state index is 13.5. The van der Waals surface area contributed by atoms with Crippen molar-refractivity contribution in [1.29, 1.82) is 0 Å². The van der Waals surface area contributed by atoms with Gasteiger partial charge in [-0.2, -0.15) is 5.10 Å². The third-order valence-electron chi connectivity index (χ3n) is 8.82. The molecular weight excluding hydrogens is 524 g/mol.